The van der Waals surface area contributed by atoms with Crippen molar-refractivity contribution < 1.29 is 9.18 Å². The highest BCUT2D eigenvalue weighted by atomic mass is 19.1. The van der Waals surface area contributed by atoms with Crippen molar-refractivity contribution in [3.8, 4) is 0 Å². The van der Waals surface area contributed by atoms with Crippen LogP contribution in [0.4, 0.5) is 4.39 Å². The molecule has 4 nitrogen and oxygen atoms in total. The first-order valence-corrected chi connectivity index (χ1v) is 9.81. The third kappa shape index (κ3) is 4.03. The molecule has 0 bridgehead atoms. The molecule has 2 aromatic rings. The number of carbonyl (C=O) groups is 1. The predicted molar refractivity (Wildman–Crippen MR) is 102 cm³/mol. The van der Waals surface area contributed by atoms with E-state index in [1.165, 1.54) is 11.6 Å². The highest BCUT2D eigenvalue weighted by molar-refractivity contribution is 5.79. The molecule has 0 unspecified atom stereocenters. The maximum absolute atomic E-state index is 13.6. The summed E-state index contributed by atoms with van der Waals surface area (Å²) in [5.74, 6) is -0.0309. The van der Waals surface area contributed by atoms with Gasteiger partial charge >= 0.3 is 0 Å². The molecular weight excluding hydrogens is 341 g/mol. The van der Waals surface area contributed by atoms with Gasteiger partial charge in [0.25, 0.3) is 0 Å². The Balaban J connectivity index is 1.47. The van der Waals surface area contributed by atoms with Gasteiger partial charge in [-0.1, -0.05) is 18.2 Å². The van der Waals surface area contributed by atoms with E-state index in [1.54, 1.807) is 18.3 Å². The normalized spacial score (nSPS) is 23.7. The summed E-state index contributed by atoms with van der Waals surface area (Å²) in [6, 6.07) is 10.7. The van der Waals surface area contributed by atoms with Gasteiger partial charge in [-0.3, -0.25) is 14.7 Å². The molecule has 2 fully saturated rings. The fraction of sp³-hybridized carbons (Fsp3) is 0.455. The molecule has 2 aliphatic heterocycles. The van der Waals surface area contributed by atoms with Crippen LogP contribution in [0.2, 0.25) is 0 Å². The number of likely N-dealkylation sites (tertiary alicyclic amines) is 2. The van der Waals surface area contributed by atoms with Crippen molar-refractivity contribution in [1.29, 1.82) is 0 Å². The van der Waals surface area contributed by atoms with Crippen LogP contribution in [0.25, 0.3) is 0 Å². The van der Waals surface area contributed by atoms with Crippen molar-refractivity contribution in [3.63, 3.8) is 0 Å². The van der Waals surface area contributed by atoms with Crippen molar-refractivity contribution >= 4 is 5.91 Å². The van der Waals surface area contributed by atoms with E-state index in [4.69, 9.17) is 0 Å². The van der Waals surface area contributed by atoms with E-state index in [1.807, 2.05) is 23.2 Å². The van der Waals surface area contributed by atoms with E-state index in [0.717, 1.165) is 50.9 Å². The van der Waals surface area contributed by atoms with Gasteiger partial charge in [-0.2, -0.15) is 0 Å². The number of carbonyl (C=O) groups excluding carboxylic acids is 1. The smallest absolute Gasteiger partial charge is 0.223 e. The number of amides is 1. The molecule has 0 N–H and O–H groups in total. The number of halogens is 1. The van der Waals surface area contributed by atoms with Crippen LogP contribution in [-0.2, 0) is 17.9 Å². The third-order valence-corrected chi connectivity index (χ3v) is 6.05. The summed E-state index contributed by atoms with van der Waals surface area (Å²) in [7, 11) is 0. The highest BCUT2D eigenvalue weighted by Crippen LogP contribution is 2.40. The number of aromatic nitrogens is 1. The Hall–Kier alpha value is -2.27. The van der Waals surface area contributed by atoms with Gasteiger partial charge in [0.05, 0.1) is 0 Å². The molecule has 5 heteroatoms. The largest absolute Gasteiger partial charge is 0.333 e. The van der Waals surface area contributed by atoms with Gasteiger partial charge in [0.1, 0.15) is 5.82 Å². The van der Waals surface area contributed by atoms with E-state index in [0.29, 0.717) is 13.0 Å². The molecule has 1 atom stereocenters. The Bertz CT molecular complexity index is 797. The number of benzene rings is 1. The molecule has 27 heavy (non-hydrogen) atoms. The molecule has 0 aliphatic carbocycles. The molecular formula is C22H26FN3O. The average Bonchev–Trinajstić information content (AvgIpc) is 2.84. The molecule has 1 spiro atoms. The lowest BCUT2D eigenvalue weighted by Gasteiger charge is -2.38. The Morgan fingerprint density at radius 3 is 2.74 bits per heavy atom. The molecule has 1 aromatic carbocycles. The molecule has 1 amide bonds. The van der Waals surface area contributed by atoms with Gasteiger partial charge in [-0.25, -0.2) is 4.39 Å². The lowest BCUT2D eigenvalue weighted by Crippen LogP contribution is -2.45. The molecule has 142 valence electrons. The standard InChI is InChI=1S/C22H26FN3O/c23-20-6-1-4-18(14-20)17-26-21(27)7-9-22(26)8-3-12-25(13-10-22)16-19-5-2-11-24-15-19/h1-2,4-6,11,14-15H,3,7-10,12-13,16-17H2/t22-/m0/s1. The lowest BCUT2D eigenvalue weighted by atomic mass is 9.87. The van der Waals surface area contributed by atoms with Crippen LogP contribution in [0.3, 0.4) is 0 Å². The molecule has 0 saturated carbocycles. The van der Waals surface area contributed by atoms with Crippen molar-refractivity contribution in [3.05, 3.63) is 65.7 Å². The second-order valence-corrected chi connectivity index (χ2v) is 7.83. The summed E-state index contributed by atoms with van der Waals surface area (Å²) in [6.45, 7) is 3.43. The van der Waals surface area contributed by atoms with Gasteiger partial charge < -0.3 is 4.90 Å². The highest BCUT2D eigenvalue weighted by Gasteiger charge is 2.45. The van der Waals surface area contributed by atoms with Gasteiger partial charge in [-0.15, -0.1) is 0 Å². The van der Waals surface area contributed by atoms with Gasteiger partial charge in [-0.05, 0) is 61.6 Å². The molecule has 2 aliphatic rings. The Labute approximate surface area is 160 Å². The zero-order valence-electron chi connectivity index (χ0n) is 15.6. The summed E-state index contributed by atoms with van der Waals surface area (Å²) >= 11 is 0. The van der Waals surface area contributed by atoms with Crippen LogP contribution >= 0.6 is 0 Å². The summed E-state index contributed by atoms with van der Waals surface area (Å²) in [6.07, 6.45) is 8.34. The van der Waals surface area contributed by atoms with Crippen LogP contribution in [0.5, 0.6) is 0 Å². The second-order valence-electron chi connectivity index (χ2n) is 7.83. The Morgan fingerprint density at radius 2 is 1.93 bits per heavy atom. The van der Waals surface area contributed by atoms with Gasteiger partial charge in [0.2, 0.25) is 5.91 Å². The van der Waals surface area contributed by atoms with E-state index >= 15 is 0 Å². The first kappa shape index (κ1) is 18.1. The van der Waals surface area contributed by atoms with E-state index < -0.39 is 0 Å². The van der Waals surface area contributed by atoms with Crippen molar-refractivity contribution in [2.75, 3.05) is 13.1 Å². The predicted octanol–water partition coefficient (Wildman–Crippen LogP) is 3.77. The summed E-state index contributed by atoms with van der Waals surface area (Å²) < 4.78 is 13.6. The monoisotopic (exact) mass is 367 g/mol. The van der Waals surface area contributed by atoms with Crippen molar-refractivity contribution in [2.24, 2.45) is 0 Å². The third-order valence-electron chi connectivity index (χ3n) is 6.05. The van der Waals surface area contributed by atoms with Crippen LogP contribution in [0.1, 0.15) is 43.2 Å². The van der Waals surface area contributed by atoms with Crippen molar-refractivity contribution in [1.82, 2.24) is 14.8 Å². The van der Waals surface area contributed by atoms with Crippen LogP contribution < -0.4 is 0 Å². The van der Waals surface area contributed by atoms with Crippen molar-refractivity contribution in [2.45, 2.75) is 50.7 Å². The number of hydrogen-bond donors (Lipinski definition) is 0. The number of hydrogen-bond acceptors (Lipinski definition) is 3. The fourth-order valence-electron chi connectivity index (χ4n) is 4.61. The summed E-state index contributed by atoms with van der Waals surface area (Å²) in [4.78, 5) is 21.3. The quantitative estimate of drug-likeness (QED) is 0.825. The number of rotatable bonds is 4. The maximum atomic E-state index is 13.6. The average molecular weight is 367 g/mol. The molecule has 0 radical (unpaired) electrons. The summed E-state index contributed by atoms with van der Waals surface area (Å²) in [5.41, 5.74) is 2.03. The van der Waals surface area contributed by atoms with Crippen LogP contribution in [-0.4, -0.2) is 39.3 Å². The Kier molecular flexibility index (Phi) is 5.21. The Morgan fingerprint density at radius 1 is 1.04 bits per heavy atom. The topological polar surface area (TPSA) is 36.4 Å². The fourth-order valence-corrected chi connectivity index (χ4v) is 4.61. The second kappa shape index (κ2) is 7.77. The maximum Gasteiger partial charge on any atom is 0.223 e. The minimum absolute atomic E-state index is 0.0763. The molecule has 1 aromatic heterocycles. The van der Waals surface area contributed by atoms with Gasteiger partial charge in [0.15, 0.2) is 0 Å². The SMILES string of the molecule is O=C1CC[C@]2(CCCN(Cc3cccnc3)CC2)N1Cc1cccc(F)c1. The van der Waals surface area contributed by atoms with Crippen LogP contribution in [0.15, 0.2) is 48.8 Å². The lowest BCUT2D eigenvalue weighted by molar-refractivity contribution is -0.132. The number of pyridine rings is 1. The molecule has 2 saturated heterocycles. The van der Waals surface area contributed by atoms with E-state index in [-0.39, 0.29) is 17.3 Å². The molecule has 4 rings (SSSR count). The van der Waals surface area contributed by atoms with Crippen LogP contribution in [0, 0.1) is 5.82 Å². The first-order valence-electron chi connectivity index (χ1n) is 9.81. The van der Waals surface area contributed by atoms with E-state index in [2.05, 4.69) is 16.0 Å². The minimum atomic E-state index is -0.239. The summed E-state index contributed by atoms with van der Waals surface area (Å²) in [5, 5.41) is 0. The zero-order valence-corrected chi connectivity index (χ0v) is 15.6. The molecule has 3 heterocycles. The van der Waals surface area contributed by atoms with E-state index in [9.17, 15) is 9.18 Å². The zero-order chi connectivity index (χ0) is 18.7. The minimum Gasteiger partial charge on any atom is -0.333 e. The van der Waals surface area contributed by atoms with Gasteiger partial charge in [0, 0.05) is 44.0 Å². The number of nitrogens with zero attached hydrogens (tertiary/aromatic N) is 3. The first-order chi connectivity index (χ1) is 13.1.